The van der Waals surface area contributed by atoms with Gasteiger partial charge in [-0.1, -0.05) is 60.7 Å². The van der Waals surface area contributed by atoms with Gasteiger partial charge in [0.25, 0.3) is 5.91 Å². The molecule has 1 aromatic heterocycles. The van der Waals surface area contributed by atoms with Crippen LogP contribution in [0.5, 0.6) is 11.5 Å². The van der Waals surface area contributed by atoms with Crippen LogP contribution in [0.25, 0.3) is 11.1 Å². The largest absolute Gasteiger partial charge is 0.497 e. The topological polar surface area (TPSA) is 78.8 Å². The van der Waals surface area contributed by atoms with Crippen molar-refractivity contribution in [1.82, 2.24) is 4.57 Å². The first-order valence-corrected chi connectivity index (χ1v) is 12.1. The predicted molar refractivity (Wildman–Crippen MR) is 143 cm³/mol. The highest BCUT2D eigenvalue weighted by molar-refractivity contribution is 6.06. The first kappa shape index (κ1) is 25.6. The molecule has 1 heterocycles. The lowest BCUT2D eigenvalue weighted by atomic mass is 10.1. The van der Waals surface area contributed by atoms with Crippen molar-refractivity contribution in [3.05, 3.63) is 102 Å². The summed E-state index contributed by atoms with van der Waals surface area (Å²) in [5, 5.41) is 2.95. The third kappa shape index (κ3) is 6.19. The zero-order chi connectivity index (χ0) is 26.2. The number of ether oxygens (including phenoxy) is 3. The van der Waals surface area contributed by atoms with Crippen molar-refractivity contribution in [2.45, 2.75) is 26.5 Å². The standard InChI is InChI=1S/C30H30N2O5/c1-4-36-30(34)28-27(31-29(33)21(2)37-25-13-9-6-10-14-25)26(23-15-17-24(35-3)18-16-23)20-32(28)19-22-11-7-5-8-12-22/h5-18,20-21H,4,19H2,1-3H3,(H,31,33)/t21-/m1/s1. The molecule has 1 amide bonds. The number of anilines is 1. The Morgan fingerprint density at radius 2 is 1.54 bits per heavy atom. The number of hydrogen-bond donors (Lipinski definition) is 1. The number of rotatable bonds is 10. The lowest BCUT2D eigenvalue weighted by Gasteiger charge is -2.16. The SMILES string of the molecule is CCOC(=O)c1c(NC(=O)[C@@H](C)Oc2ccccc2)c(-c2ccc(OC)cc2)cn1Cc1ccccc1. The molecule has 0 unspecified atom stereocenters. The number of methoxy groups -OCH3 is 1. The molecule has 4 rings (SSSR count). The zero-order valence-electron chi connectivity index (χ0n) is 21.1. The van der Waals surface area contributed by atoms with Gasteiger partial charge in [0.15, 0.2) is 11.8 Å². The van der Waals surface area contributed by atoms with Gasteiger partial charge >= 0.3 is 5.97 Å². The van der Waals surface area contributed by atoms with Gasteiger partial charge in [-0.05, 0) is 49.2 Å². The Kier molecular flexibility index (Phi) is 8.26. The first-order valence-electron chi connectivity index (χ1n) is 12.1. The summed E-state index contributed by atoms with van der Waals surface area (Å²) in [7, 11) is 1.60. The maximum Gasteiger partial charge on any atom is 0.357 e. The molecule has 0 radical (unpaired) electrons. The molecule has 3 aromatic carbocycles. The molecule has 0 spiro atoms. The Bertz CT molecular complexity index is 1330. The number of carbonyl (C=O) groups is 2. The number of hydrogen-bond acceptors (Lipinski definition) is 5. The first-order chi connectivity index (χ1) is 18.0. The average Bonchev–Trinajstić information content (AvgIpc) is 3.27. The normalized spacial score (nSPS) is 11.4. The van der Waals surface area contributed by atoms with Crippen LogP contribution in [0.1, 0.15) is 29.9 Å². The lowest BCUT2D eigenvalue weighted by molar-refractivity contribution is -0.122. The minimum absolute atomic E-state index is 0.203. The third-order valence-electron chi connectivity index (χ3n) is 5.82. The molecule has 0 saturated heterocycles. The van der Waals surface area contributed by atoms with E-state index in [1.165, 1.54) is 0 Å². The maximum absolute atomic E-state index is 13.3. The van der Waals surface area contributed by atoms with E-state index in [2.05, 4.69) is 5.32 Å². The number of nitrogens with one attached hydrogen (secondary N) is 1. The molecule has 190 valence electrons. The summed E-state index contributed by atoms with van der Waals surface area (Å²) in [6, 6.07) is 26.3. The van der Waals surface area contributed by atoms with Gasteiger partial charge in [0, 0.05) is 18.3 Å². The van der Waals surface area contributed by atoms with E-state index in [1.54, 1.807) is 33.1 Å². The van der Waals surface area contributed by atoms with E-state index in [4.69, 9.17) is 14.2 Å². The van der Waals surface area contributed by atoms with Gasteiger partial charge in [0.1, 0.15) is 11.5 Å². The third-order valence-corrected chi connectivity index (χ3v) is 5.82. The van der Waals surface area contributed by atoms with Crippen LogP contribution < -0.4 is 14.8 Å². The Balaban J connectivity index is 1.77. The van der Waals surface area contributed by atoms with Crippen LogP contribution in [-0.4, -0.2) is 36.3 Å². The second kappa shape index (κ2) is 11.9. The molecule has 0 aliphatic heterocycles. The molecule has 0 fully saturated rings. The van der Waals surface area contributed by atoms with Crippen molar-refractivity contribution in [3.63, 3.8) is 0 Å². The van der Waals surface area contributed by atoms with E-state index in [0.717, 1.165) is 11.1 Å². The van der Waals surface area contributed by atoms with Crippen LogP contribution in [-0.2, 0) is 16.1 Å². The van der Waals surface area contributed by atoms with Crippen molar-refractivity contribution in [1.29, 1.82) is 0 Å². The van der Waals surface area contributed by atoms with Gasteiger partial charge in [0.2, 0.25) is 0 Å². The highest BCUT2D eigenvalue weighted by Gasteiger charge is 2.27. The summed E-state index contributed by atoms with van der Waals surface area (Å²) >= 11 is 0. The predicted octanol–water partition coefficient (Wildman–Crippen LogP) is 5.79. The van der Waals surface area contributed by atoms with E-state index in [0.29, 0.717) is 29.3 Å². The Morgan fingerprint density at radius 1 is 0.892 bits per heavy atom. The second-order valence-corrected chi connectivity index (χ2v) is 8.39. The molecular weight excluding hydrogens is 468 g/mol. The lowest BCUT2D eigenvalue weighted by Crippen LogP contribution is -2.31. The van der Waals surface area contributed by atoms with Crippen molar-refractivity contribution in [2.75, 3.05) is 19.0 Å². The Morgan fingerprint density at radius 3 is 2.16 bits per heavy atom. The van der Waals surface area contributed by atoms with Gasteiger partial charge in [-0.25, -0.2) is 4.79 Å². The van der Waals surface area contributed by atoms with E-state index in [9.17, 15) is 9.59 Å². The van der Waals surface area contributed by atoms with Crippen molar-refractivity contribution in [2.24, 2.45) is 0 Å². The van der Waals surface area contributed by atoms with E-state index < -0.39 is 12.1 Å². The number of carbonyl (C=O) groups excluding carboxylic acids is 2. The molecule has 0 saturated carbocycles. The molecule has 0 aliphatic rings. The van der Waals surface area contributed by atoms with Gasteiger partial charge in [-0.2, -0.15) is 0 Å². The number of benzene rings is 3. The molecular formula is C30H30N2O5. The molecule has 7 heteroatoms. The molecule has 4 aromatic rings. The Hall–Kier alpha value is -4.52. The van der Waals surface area contributed by atoms with Crippen LogP contribution >= 0.6 is 0 Å². The summed E-state index contributed by atoms with van der Waals surface area (Å²) in [6.45, 7) is 4.04. The minimum atomic E-state index is -0.807. The van der Waals surface area contributed by atoms with Crippen LogP contribution in [0.2, 0.25) is 0 Å². The summed E-state index contributed by atoms with van der Waals surface area (Å²) in [5.74, 6) is 0.369. The van der Waals surface area contributed by atoms with Gasteiger partial charge in [-0.15, -0.1) is 0 Å². The number of amides is 1. The molecule has 7 nitrogen and oxygen atoms in total. The molecule has 0 aliphatic carbocycles. The number of esters is 1. The summed E-state index contributed by atoms with van der Waals surface area (Å²) in [6.07, 6.45) is 1.05. The summed E-state index contributed by atoms with van der Waals surface area (Å²) in [4.78, 5) is 26.5. The smallest absolute Gasteiger partial charge is 0.357 e. The number of para-hydroxylation sites is 1. The Labute approximate surface area is 216 Å². The van der Waals surface area contributed by atoms with Crippen molar-refractivity contribution in [3.8, 4) is 22.6 Å². The minimum Gasteiger partial charge on any atom is -0.497 e. The highest BCUT2D eigenvalue weighted by Crippen LogP contribution is 2.35. The highest BCUT2D eigenvalue weighted by atomic mass is 16.5. The number of aromatic nitrogens is 1. The zero-order valence-corrected chi connectivity index (χ0v) is 21.1. The summed E-state index contributed by atoms with van der Waals surface area (Å²) in [5.41, 5.74) is 3.12. The van der Waals surface area contributed by atoms with E-state index >= 15 is 0 Å². The maximum atomic E-state index is 13.3. The fourth-order valence-electron chi connectivity index (χ4n) is 3.98. The number of nitrogens with zero attached hydrogens (tertiary/aromatic N) is 1. The van der Waals surface area contributed by atoms with Gasteiger partial charge in [-0.3, -0.25) is 4.79 Å². The average molecular weight is 499 g/mol. The molecule has 0 bridgehead atoms. The molecule has 1 N–H and O–H groups in total. The van der Waals surface area contributed by atoms with Crippen LogP contribution in [0.15, 0.2) is 91.1 Å². The fourth-order valence-corrected chi connectivity index (χ4v) is 3.98. The van der Waals surface area contributed by atoms with E-state index in [-0.39, 0.29) is 18.2 Å². The molecule has 37 heavy (non-hydrogen) atoms. The van der Waals surface area contributed by atoms with E-state index in [1.807, 2.05) is 83.6 Å². The van der Waals surface area contributed by atoms with Crippen LogP contribution in [0.4, 0.5) is 5.69 Å². The quantitative estimate of drug-likeness (QED) is 0.280. The van der Waals surface area contributed by atoms with Crippen LogP contribution in [0.3, 0.4) is 0 Å². The van der Waals surface area contributed by atoms with Crippen molar-refractivity contribution < 1.29 is 23.8 Å². The second-order valence-electron chi connectivity index (χ2n) is 8.39. The fraction of sp³-hybridized carbons (Fsp3) is 0.200. The van der Waals surface area contributed by atoms with Gasteiger partial charge in [0.05, 0.1) is 19.4 Å². The molecule has 1 atom stereocenters. The monoisotopic (exact) mass is 498 g/mol. The summed E-state index contributed by atoms with van der Waals surface area (Å²) < 4.78 is 18.3. The van der Waals surface area contributed by atoms with Crippen molar-refractivity contribution >= 4 is 17.6 Å². The van der Waals surface area contributed by atoms with Crippen LogP contribution in [0, 0.1) is 0 Å². The van der Waals surface area contributed by atoms with Gasteiger partial charge < -0.3 is 24.1 Å².